The fourth-order valence-electron chi connectivity index (χ4n) is 2.31. The van der Waals surface area contributed by atoms with E-state index in [4.69, 9.17) is 0 Å². The first kappa shape index (κ1) is 10.2. The Balaban J connectivity index is 2.46. The number of benzene rings is 1. The van der Waals surface area contributed by atoms with Crippen molar-refractivity contribution in [3.05, 3.63) is 41.5 Å². The molecule has 0 fully saturated rings. The highest BCUT2D eigenvalue weighted by Gasteiger charge is 2.27. The molecule has 0 saturated heterocycles. The van der Waals surface area contributed by atoms with Gasteiger partial charge in [-0.15, -0.1) is 0 Å². The van der Waals surface area contributed by atoms with Gasteiger partial charge in [0.25, 0.3) is 0 Å². The lowest BCUT2D eigenvalue weighted by Crippen LogP contribution is -2.21. The van der Waals surface area contributed by atoms with E-state index in [0.29, 0.717) is 11.8 Å². The number of allylic oxidation sites excluding steroid dienone is 1. The van der Waals surface area contributed by atoms with Gasteiger partial charge < -0.3 is 4.79 Å². The first-order valence-corrected chi connectivity index (χ1v) is 5.46. The summed E-state index contributed by atoms with van der Waals surface area (Å²) in [6, 6.07) is 8.15. The van der Waals surface area contributed by atoms with Gasteiger partial charge in [0, 0.05) is 5.92 Å². The van der Waals surface area contributed by atoms with Gasteiger partial charge in [-0.3, -0.25) is 0 Å². The molecule has 78 valence electrons. The zero-order valence-electron chi connectivity index (χ0n) is 9.18. The Morgan fingerprint density at radius 3 is 2.67 bits per heavy atom. The van der Waals surface area contributed by atoms with Crippen LogP contribution in [0.1, 0.15) is 30.9 Å². The molecule has 1 aromatic carbocycles. The van der Waals surface area contributed by atoms with Crippen molar-refractivity contribution in [1.29, 1.82) is 0 Å². The van der Waals surface area contributed by atoms with Crippen LogP contribution >= 0.6 is 0 Å². The monoisotopic (exact) mass is 200 g/mol. The second-order valence-corrected chi connectivity index (χ2v) is 4.47. The Bertz CT molecular complexity index is 390. The topological polar surface area (TPSA) is 17.1 Å². The van der Waals surface area contributed by atoms with E-state index in [2.05, 4.69) is 38.1 Å². The lowest BCUT2D eigenvalue weighted by molar-refractivity contribution is -0.110. The number of carbonyl (C=O) groups excluding carboxylic acids is 1. The molecule has 0 spiro atoms. The van der Waals surface area contributed by atoms with Gasteiger partial charge >= 0.3 is 0 Å². The number of hydrogen-bond donors (Lipinski definition) is 0. The predicted octanol–water partition coefficient (Wildman–Crippen LogP) is 3.27. The molecule has 15 heavy (non-hydrogen) atoms. The average Bonchev–Trinajstić information content (AvgIpc) is 2.27. The van der Waals surface area contributed by atoms with Crippen LogP contribution in [-0.2, 0) is 4.79 Å². The smallest absolute Gasteiger partial charge is 0.128 e. The molecule has 2 atom stereocenters. The molecule has 0 N–H and O–H groups in total. The molecule has 1 heteroatoms. The zero-order valence-corrected chi connectivity index (χ0v) is 9.18. The molecule has 0 unspecified atom stereocenters. The van der Waals surface area contributed by atoms with Crippen molar-refractivity contribution in [1.82, 2.24) is 0 Å². The van der Waals surface area contributed by atoms with E-state index in [0.717, 1.165) is 6.29 Å². The van der Waals surface area contributed by atoms with Crippen LogP contribution in [-0.4, -0.2) is 6.29 Å². The molecule has 0 saturated carbocycles. The first-order valence-electron chi connectivity index (χ1n) is 5.46. The van der Waals surface area contributed by atoms with E-state index >= 15 is 0 Å². The minimum absolute atomic E-state index is 0.0335. The van der Waals surface area contributed by atoms with E-state index in [1.165, 1.54) is 11.1 Å². The molecule has 1 aromatic rings. The van der Waals surface area contributed by atoms with Gasteiger partial charge in [0.15, 0.2) is 0 Å². The summed E-state index contributed by atoms with van der Waals surface area (Å²) in [5.74, 6) is 0.883. The number of aldehydes is 1. The Morgan fingerprint density at radius 2 is 2.00 bits per heavy atom. The van der Waals surface area contributed by atoms with Crippen LogP contribution in [0.3, 0.4) is 0 Å². The van der Waals surface area contributed by atoms with E-state index in [-0.39, 0.29) is 5.92 Å². The molecule has 1 aliphatic carbocycles. The largest absolute Gasteiger partial charge is 0.303 e. The van der Waals surface area contributed by atoms with Crippen LogP contribution < -0.4 is 0 Å². The standard InChI is InChI=1S/C14H16O/c1-10(2)12-8-7-11-5-3-4-6-13(11)14(12)9-15/h3-10,12,14H,1-2H3/t12-,14-/m0/s1. The van der Waals surface area contributed by atoms with Gasteiger partial charge in [-0.1, -0.05) is 50.3 Å². The lowest BCUT2D eigenvalue weighted by atomic mass is 9.75. The Hall–Kier alpha value is -1.37. The summed E-state index contributed by atoms with van der Waals surface area (Å²) in [6.45, 7) is 4.33. The predicted molar refractivity (Wildman–Crippen MR) is 62.6 cm³/mol. The van der Waals surface area contributed by atoms with Crippen LogP contribution in [0.4, 0.5) is 0 Å². The molecular weight excluding hydrogens is 184 g/mol. The van der Waals surface area contributed by atoms with Crippen LogP contribution in [0, 0.1) is 11.8 Å². The Labute approximate surface area is 90.8 Å². The van der Waals surface area contributed by atoms with Crippen molar-refractivity contribution in [3.8, 4) is 0 Å². The second-order valence-electron chi connectivity index (χ2n) is 4.47. The molecule has 2 rings (SSSR count). The highest BCUT2D eigenvalue weighted by molar-refractivity contribution is 5.71. The summed E-state index contributed by atoms with van der Waals surface area (Å²) < 4.78 is 0. The quantitative estimate of drug-likeness (QED) is 0.670. The molecule has 0 bridgehead atoms. The highest BCUT2D eigenvalue weighted by atomic mass is 16.1. The Kier molecular flexibility index (Phi) is 2.72. The molecule has 0 radical (unpaired) electrons. The SMILES string of the molecule is CC(C)[C@@H]1C=Cc2ccccc2[C@H]1C=O. The Morgan fingerprint density at radius 1 is 1.27 bits per heavy atom. The third kappa shape index (κ3) is 1.74. The summed E-state index contributed by atoms with van der Waals surface area (Å²) in [5, 5.41) is 0. The minimum Gasteiger partial charge on any atom is -0.303 e. The van der Waals surface area contributed by atoms with E-state index in [1.54, 1.807) is 0 Å². The van der Waals surface area contributed by atoms with Gasteiger partial charge in [0.05, 0.1) is 0 Å². The number of rotatable bonds is 2. The normalized spacial score (nSPS) is 23.9. The highest BCUT2D eigenvalue weighted by Crippen LogP contribution is 2.36. The van der Waals surface area contributed by atoms with Crippen molar-refractivity contribution in [2.24, 2.45) is 11.8 Å². The summed E-state index contributed by atoms with van der Waals surface area (Å²) in [5.41, 5.74) is 2.36. The van der Waals surface area contributed by atoms with Crippen LogP contribution in [0.25, 0.3) is 6.08 Å². The van der Waals surface area contributed by atoms with Gasteiger partial charge in [-0.2, -0.15) is 0 Å². The van der Waals surface area contributed by atoms with Gasteiger partial charge in [-0.25, -0.2) is 0 Å². The molecule has 0 aliphatic heterocycles. The summed E-state index contributed by atoms with van der Waals surface area (Å²) in [6.07, 6.45) is 5.40. The van der Waals surface area contributed by atoms with Crippen LogP contribution in [0.2, 0.25) is 0 Å². The van der Waals surface area contributed by atoms with Crippen molar-refractivity contribution < 1.29 is 4.79 Å². The third-order valence-electron chi connectivity index (χ3n) is 3.18. The molecule has 0 aromatic heterocycles. The van der Waals surface area contributed by atoms with Crippen LogP contribution in [0.15, 0.2) is 30.3 Å². The van der Waals surface area contributed by atoms with Gasteiger partial charge in [0.1, 0.15) is 6.29 Å². The maximum Gasteiger partial charge on any atom is 0.128 e. The molecular formula is C14H16O. The summed E-state index contributed by atoms with van der Waals surface area (Å²) in [4.78, 5) is 11.2. The van der Waals surface area contributed by atoms with Gasteiger partial charge in [0.2, 0.25) is 0 Å². The van der Waals surface area contributed by atoms with E-state index < -0.39 is 0 Å². The summed E-state index contributed by atoms with van der Waals surface area (Å²) in [7, 11) is 0. The van der Waals surface area contributed by atoms with Crippen molar-refractivity contribution in [3.63, 3.8) is 0 Å². The van der Waals surface area contributed by atoms with E-state index in [9.17, 15) is 4.79 Å². The fourth-order valence-corrected chi connectivity index (χ4v) is 2.31. The van der Waals surface area contributed by atoms with E-state index in [1.807, 2.05) is 12.1 Å². The lowest BCUT2D eigenvalue weighted by Gasteiger charge is -2.28. The number of carbonyl (C=O) groups is 1. The first-order chi connectivity index (χ1) is 7.24. The summed E-state index contributed by atoms with van der Waals surface area (Å²) >= 11 is 0. The zero-order chi connectivity index (χ0) is 10.8. The maximum absolute atomic E-state index is 11.2. The molecule has 1 nitrogen and oxygen atoms in total. The number of hydrogen-bond acceptors (Lipinski definition) is 1. The molecule has 0 heterocycles. The van der Waals surface area contributed by atoms with Crippen molar-refractivity contribution in [2.75, 3.05) is 0 Å². The van der Waals surface area contributed by atoms with Crippen LogP contribution in [0.5, 0.6) is 0 Å². The average molecular weight is 200 g/mol. The number of fused-ring (bicyclic) bond motifs is 1. The minimum atomic E-state index is 0.0335. The van der Waals surface area contributed by atoms with Crippen molar-refractivity contribution in [2.45, 2.75) is 19.8 Å². The maximum atomic E-state index is 11.2. The molecule has 1 aliphatic rings. The second kappa shape index (κ2) is 4.01. The fraction of sp³-hybridized carbons (Fsp3) is 0.357. The van der Waals surface area contributed by atoms with Gasteiger partial charge in [-0.05, 0) is 23.0 Å². The third-order valence-corrected chi connectivity index (χ3v) is 3.18. The van der Waals surface area contributed by atoms with Crippen molar-refractivity contribution >= 4 is 12.4 Å². The molecule has 0 amide bonds.